The molecule has 0 atom stereocenters. The van der Waals surface area contributed by atoms with E-state index in [1.165, 1.54) is 17.8 Å². The average Bonchev–Trinajstić information content (AvgIpc) is 3.03. The summed E-state index contributed by atoms with van der Waals surface area (Å²) in [5, 5.41) is 17.1. The van der Waals surface area contributed by atoms with E-state index in [2.05, 4.69) is 15.2 Å². The van der Waals surface area contributed by atoms with Gasteiger partial charge in [0.05, 0.1) is 5.75 Å². The summed E-state index contributed by atoms with van der Waals surface area (Å²) < 4.78 is 5.14. The fourth-order valence-electron chi connectivity index (χ4n) is 2.00. The molecule has 0 saturated carbocycles. The van der Waals surface area contributed by atoms with Crippen molar-refractivity contribution in [1.82, 2.24) is 15.2 Å². The first-order valence-corrected chi connectivity index (χ1v) is 8.00. The molecule has 2 heterocycles. The van der Waals surface area contributed by atoms with Gasteiger partial charge in [-0.3, -0.25) is 9.78 Å². The zero-order valence-corrected chi connectivity index (χ0v) is 13.5. The van der Waals surface area contributed by atoms with Crippen LogP contribution in [0.3, 0.4) is 0 Å². The van der Waals surface area contributed by atoms with Crippen molar-refractivity contribution in [2.24, 2.45) is 0 Å². The van der Waals surface area contributed by atoms with Crippen LogP contribution in [-0.4, -0.2) is 26.3 Å². The number of rotatable bonds is 5. The largest absolute Gasteiger partial charge is 0.475 e. The van der Waals surface area contributed by atoms with Crippen LogP contribution in [0.2, 0.25) is 0 Å². The van der Waals surface area contributed by atoms with Crippen molar-refractivity contribution in [3.63, 3.8) is 0 Å². The molecule has 0 amide bonds. The summed E-state index contributed by atoms with van der Waals surface area (Å²) in [5.74, 6) is -0.439. The number of thioether (sulfide) groups is 1. The van der Waals surface area contributed by atoms with Gasteiger partial charge in [0, 0.05) is 5.56 Å². The first kappa shape index (κ1) is 16.0. The minimum absolute atomic E-state index is 0.125. The first-order chi connectivity index (χ1) is 11.5. The van der Waals surface area contributed by atoms with Crippen molar-refractivity contribution < 1.29 is 14.3 Å². The molecule has 0 unspecified atom stereocenters. The van der Waals surface area contributed by atoms with E-state index in [9.17, 15) is 9.59 Å². The Morgan fingerprint density at radius 3 is 2.58 bits per heavy atom. The highest BCUT2D eigenvalue weighted by molar-refractivity contribution is 7.98. The predicted molar refractivity (Wildman–Crippen MR) is 88.1 cm³/mol. The van der Waals surface area contributed by atoms with Crippen LogP contribution < -0.4 is 5.56 Å². The Kier molecular flexibility index (Phi) is 4.48. The second-order valence-electron chi connectivity index (χ2n) is 5.03. The maximum Gasteiger partial charge on any atom is 0.371 e. The van der Waals surface area contributed by atoms with Gasteiger partial charge in [-0.25, -0.2) is 4.79 Å². The van der Waals surface area contributed by atoms with E-state index in [-0.39, 0.29) is 17.0 Å². The number of aromatic carboxylic acids is 1. The average molecular weight is 343 g/mol. The van der Waals surface area contributed by atoms with Gasteiger partial charge >= 0.3 is 5.97 Å². The highest BCUT2D eigenvalue weighted by Gasteiger charge is 2.11. The summed E-state index contributed by atoms with van der Waals surface area (Å²) in [6.07, 6.45) is 0. The molecule has 0 spiro atoms. The number of benzene rings is 1. The van der Waals surface area contributed by atoms with Gasteiger partial charge in [-0.05, 0) is 19.1 Å². The molecule has 0 fully saturated rings. The second-order valence-corrected chi connectivity index (χ2v) is 6.00. The van der Waals surface area contributed by atoms with Crippen molar-refractivity contribution in [2.75, 3.05) is 0 Å². The van der Waals surface area contributed by atoms with Crippen LogP contribution in [0.5, 0.6) is 0 Å². The highest BCUT2D eigenvalue weighted by Crippen LogP contribution is 2.20. The number of aryl methyl sites for hydroxylation is 1. The summed E-state index contributed by atoms with van der Waals surface area (Å²) in [4.78, 5) is 25.6. The van der Waals surface area contributed by atoms with E-state index in [0.717, 1.165) is 5.56 Å². The lowest BCUT2D eigenvalue weighted by Gasteiger charge is -2.02. The number of nitrogens with zero attached hydrogens (tertiary/aromatic N) is 2. The number of carboxylic acid groups (broad SMARTS) is 1. The van der Waals surface area contributed by atoms with Gasteiger partial charge in [0.1, 0.15) is 5.76 Å². The molecule has 0 bridgehead atoms. The Bertz CT molecular complexity index is 931. The Morgan fingerprint density at radius 2 is 1.96 bits per heavy atom. The minimum atomic E-state index is -1.12. The topological polar surface area (TPSA) is 109 Å². The second kappa shape index (κ2) is 6.71. The van der Waals surface area contributed by atoms with Crippen LogP contribution in [0.1, 0.15) is 21.9 Å². The number of hydrogen-bond acceptors (Lipinski definition) is 6. The van der Waals surface area contributed by atoms with Crippen LogP contribution >= 0.6 is 11.8 Å². The molecular weight excluding hydrogens is 330 g/mol. The molecular formula is C16H13N3O4S. The summed E-state index contributed by atoms with van der Waals surface area (Å²) in [6.45, 7) is 1.96. The number of furan rings is 1. The number of aromatic nitrogens is 3. The van der Waals surface area contributed by atoms with Crippen molar-refractivity contribution in [2.45, 2.75) is 17.8 Å². The normalized spacial score (nSPS) is 10.7. The van der Waals surface area contributed by atoms with Gasteiger partial charge < -0.3 is 9.52 Å². The molecule has 3 aromatic rings. The zero-order valence-electron chi connectivity index (χ0n) is 12.6. The van der Waals surface area contributed by atoms with E-state index >= 15 is 0 Å². The minimum Gasteiger partial charge on any atom is -0.475 e. The molecule has 2 aromatic heterocycles. The molecule has 2 N–H and O–H groups in total. The Balaban J connectivity index is 1.73. The SMILES string of the molecule is Cc1ccc(-c2nnc(SCc3ccc(C(=O)O)o3)[nH]c2=O)cc1. The van der Waals surface area contributed by atoms with Crippen molar-refractivity contribution in [1.29, 1.82) is 0 Å². The summed E-state index contributed by atoms with van der Waals surface area (Å²) in [5.41, 5.74) is 1.71. The van der Waals surface area contributed by atoms with Crippen LogP contribution in [0.25, 0.3) is 11.3 Å². The number of aromatic amines is 1. The summed E-state index contributed by atoms with van der Waals surface area (Å²) in [7, 11) is 0. The van der Waals surface area contributed by atoms with E-state index < -0.39 is 5.97 Å². The molecule has 24 heavy (non-hydrogen) atoms. The molecule has 1 aromatic carbocycles. The molecule has 8 heteroatoms. The smallest absolute Gasteiger partial charge is 0.371 e. The third-order valence-electron chi connectivity index (χ3n) is 3.22. The standard InChI is InChI=1S/C16H13N3O4S/c1-9-2-4-10(5-3-9)13-14(20)17-16(19-18-13)24-8-11-6-7-12(23-11)15(21)22/h2-7H,8H2,1H3,(H,21,22)(H,17,19,20). The molecule has 0 aliphatic heterocycles. The molecule has 0 aliphatic carbocycles. The van der Waals surface area contributed by atoms with E-state index in [0.29, 0.717) is 22.2 Å². The number of carbonyl (C=O) groups is 1. The first-order valence-electron chi connectivity index (χ1n) is 7.02. The van der Waals surface area contributed by atoms with E-state index in [1.807, 2.05) is 31.2 Å². The van der Waals surface area contributed by atoms with E-state index in [4.69, 9.17) is 9.52 Å². The van der Waals surface area contributed by atoms with E-state index in [1.54, 1.807) is 6.07 Å². The van der Waals surface area contributed by atoms with Crippen molar-refractivity contribution >= 4 is 17.7 Å². The third kappa shape index (κ3) is 3.54. The lowest BCUT2D eigenvalue weighted by Crippen LogP contribution is -2.14. The van der Waals surface area contributed by atoms with Gasteiger partial charge in [-0.2, -0.15) is 0 Å². The molecule has 0 saturated heterocycles. The number of nitrogens with one attached hydrogen (secondary N) is 1. The molecule has 0 aliphatic rings. The number of carboxylic acids is 1. The monoisotopic (exact) mass is 343 g/mol. The summed E-state index contributed by atoms with van der Waals surface area (Å²) in [6, 6.07) is 10.4. The molecule has 0 radical (unpaired) electrons. The van der Waals surface area contributed by atoms with Crippen molar-refractivity contribution in [3.8, 4) is 11.3 Å². The van der Waals surface area contributed by atoms with Crippen LogP contribution in [0, 0.1) is 6.92 Å². The quantitative estimate of drug-likeness (QED) is 0.685. The molecule has 7 nitrogen and oxygen atoms in total. The number of H-pyrrole nitrogens is 1. The Labute approximate surface area is 140 Å². The lowest BCUT2D eigenvalue weighted by molar-refractivity contribution is 0.0661. The van der Waals surface area contributed by atoms with Crippen molar-refractivity contribution in [3.05, 3.63) is 63.8 Å². The highest BCUT2D eigenvalue weighted by atomic mass is 32.2. The Hall–Kier alpha value is -2.87. The third-order valence-corrected chi connectivity index (χ3v) is 4.11. The van der Waals surface area contributed by atoms with Gasteiger partial charge in [0.25, 0.3) is 5.56 Å². The maximum absolute atomic E-state index is 12.2. The zero-order chi connectivity index (χ0) is 17.1. The molecule has 3 rings (SSSR count). The lowest BCUT2D eigenvalue weighted by atomic mass is 10.1. The fraction of sp³-hybridized carbons (Fsp3) is 0.125. The maximum atomic E-state index is 12.2. The molecule has 122 valence electrons. The van der Waals surface area contributed by atoms with Gasteiger partial charge in [0.2, 0.25) is 5.76 Å². The van der Waals surface area contributed by atoms with Crippen LogP contribution in [0.4, 0.5) is 0 Å². The van der Waals surface area contributed by atoms with Gasteiger partial charge in [-0.1, -0.05) is 41.6 Å². The van der Waals surface area contributed by atoms with Crippen LogP contribution in [-0.2, 0) is 5.75 Å². The Morgan fingerprint density at radius 1 is 1.21 bits per heavy atom. The van der Waals surface area contributed by atoms with Gasteiger partial charge in [0.15, 0.2) is 10.9 Å². The van der Waals surface area contributed by atoms with Gasteiger partial charge in [-0.15, -0.1) is 10.2 Å². The summed E-state index contributed by atoms with van der Waals surface area (Å²) >= 11 is 1.20. The van der Waals surface area contributed by atoms with Crippen LogP contribution in [0.15, 0.2) is 50.8 Å². The number of hydrogen-bond donors (Lipinski definition) is 2. The fourth-order valence-corrected chi connectivity index (χ4v) is 2.69. The predicted octanol–water partition coefficient (Wildman–Crippen LogP) is 2.72.